The molecule has 4 nitrogen and oxygen atoms in total. The highest BCUT2D eigenvalue weighted by atomic mass is 16.4. The maximum absolute atomic E-state index is 11.9. The maximum Gasteiger partial charge on any atom is 0.326 e. The quantitative estimate of drug-likeness (QED) is 0.839. The maximum atomic E-state index is 11.9. The highest BCUT2D eigenvalue weighted by Crippen LogP contribution is 2.11. The van der Waals surface area contributed by atoms with Crippen LogP contribution >= 0.6 is 0 Å². The van der Waals surface area contributed by atoms with E-state index in [0.29, 0.717) is 6.42 Å². The number of carboxylic acid groups (broad SMARTS) is 1. The van der Waals surface area contributed by atoms with Crippen molar-refractivity contribution in [2.45, 2.75) is 46.6 Å². The van der Waals surface area contributed by atoms with Gasteiger partial charge in [-0.05, 0) is 42.9 Å². The minimum absolute atomic E-state index is 0.211. The van der Waals surface area contributed by atoms with Gasteiger partial charge in [0.1, 0.15) is 6.04 Å². The van der Waals surface area contributed by atoms with Crippen LogP contribution in [0.25, 0.3) is 0 Å². The molecule has 1 atom stereocenters. The zero-order chi connectivity index (χ0) is 15.3. The number of carbonyl (C=O) groups excluding carboxylic acids is 1. The van der Waals surface area contributed by atoms with Crippen LogP contribution in [0, 0.1) is 19.8 Å². The normalized spacial score (nSPS) is 12.2. The zero-order valence-corrected chi connectivity index (χ0v) is 12.6. The van der Waals surface area contributed by atoms with Crippen molar-refractivity contribution in [2.75, 3.05) is 0 Å². The summed E-state index contributed by atoms with van der Waals surface area (Å²) in [5.74, 6) is -1.01. The number of nitrogens with one attached hydrogen (secondary N) is 1. The summed E-state index contributed by atoms with van der Waals surface area (Å²) in [5, 5.41) is 11.7. The number of carbonyl (C=O) groups is 2. The molecule has 0 aliphatic rings. The van der Waals surface area contributed by atoms with Gasteiger partial charge in [0.25, 0.3) is 0 Å². The number of hydrogen-bond donors (Lipinski definition) is 2. The molecule has 0 heterocycles. The summed E-state index contributed by atoms with van der Waals surface area (Å²) in [7, 11) is 0. The van der Waals surface area contributed by atoms with Crippen LogP contribution in [0.5, 0.6) is 0 Å². The van der Waals surface area contributed by atoms with Crippen LogP contribution in [0.2, 0.25) is 0 Å². The molecular formula is C16H23NO3. The van der Waals surface area contributed by atoms with Gasteiger partial charge in [0.2, 0.25) is 5.91 Å². The van der Waals surface area contributed by atoms with Crippen molar-refractivity contribution in [3.8, 4) is 0 Å². The molecule has 1 unspecified atom stereocenters. The molecule has 2 N–H and O–H groups in total. The molecular weight excluding hydrogens is 254 g/mol. The molecule has 0 spiro atoms. The Morgan fingerprint density at radius 1 is 1.20 bits per heavy atom. The minimum atomic E-state index is -0.980. The van der Waals surface area contributed by atoms with Gasteiger partial charge in [-0.1, -0.05) is 32.0 Å². The molecule has 0 aliphatic heterocycles. The Balaban J connectivity index is 2.65. The summed E-state index contributed by atoms with van der Waals surface area (Å²) in [6, 6.07) is 5.03. The third-order valence-electron chi connectivity index (χ3n) is 3.28. The first-order valence-electron chi connectivity index (χ1n) is 6.88. The standard InChI is InChI=1S/C16H23NO3/c1-10(2)7-14(16(19)20)17-15(18)9-13-6-5-11(3)12(4)8-13/h5-6,8,10,14H,7,9H2,1-4H3,(H,17,18)(H,19,20). The lowest BCUT2D eigenvalue weighted by atomic mass is 10.0. The summed E-state index contributed by atoms with van der Waals surface area (Å²) in [4.78, 5) is 23.0. The van der Waals surface area contributed by atoms with Gasteiger partial charge in [-0.3, -0.25) is 4.79 Å². The lowest BCUT2D eigenvalue weighted by Crippen LogP contribution is -2.42. The van der Waals surface area contributed by atoms with E-state index in [1.54, 1.807) is 0 Å². The third-order valence-corrected chi connectivity index (χ3v) is 3.28. The van der Waals surface area contributed by atoms with Gasteiger partial charge in [-0.25, -0.2) is 4.79 Å². The Bertz CT molecular complexity index is 494. The van der Waals surface area contributed by atoms with E-state index in [2.05, 4.69) is 5.32 Å². The van der Waals surface area contributed by atoms with Crippen LogP contribution in [0.1, 0.15) is 37.0 Å². The van der Waals surface area contributed by atoms with Crippen LogP contribution in [0.4, 0.5) is 0 Å². The van der Waals surface area contributed by atoms with Crippen LogP contribution in [-0.2, 0) is 16.0 Å². The molecule has 0 aromatic heterocycles. The average Bonchev–Trinajstić information content (AvgIpc) is 2.32. The molecule has 20 heavy (non-hydrogen) atoms. The van der Waals surface area contributed by atoms with Crippen molar-refractivity contribution in [2.24, 2.45) is 5.92 Å². The van der Waals surface area contributed by atoms with Gasteiger partial charge in [-0.15, -0.1) is 0 Å². The fourth-order valence-electron chi connectivity index (χ4n) is 2.04. The molecule has 4 heteroatoms. The van der Waals surface area contributed by atoms with Crippen molar-refractivity contribution in [1.82, 2.24) is 5.32 Å². The number of aliphatic carboxylic acids is 1. The van der Waals surface area contributed by atoms with Crippen molar-refractivity contribution >= 4 is 11.9 Å². The summed E-state index contributed by atoms with van der Waals surface area (Å²) >= 11 is 0. The van der Waals surface area contributed by atoms with E-state index in [4.69, 9.17) is 5.11 Å². The lowest BCUT2D eigenvalue weighted by Gasteiger charge is -2.16. The van der Waals surface area contributed by atoms with E-state index >= 15 is 0 Å². The molecule has 0 aliphatic carbocycles. The first-order valence-corrected chi connectivity index (χ1v) is 6.88. The topological polar surface area (TPSA) is 66.4 Å². The molecule has 0 saturated heterocycles. The van der Waals surface area contributed by atoms with E-state index < -0.39 is 12.0 Å². The Labute approximate surface area is 120 Å². The number of benzene rings is 1. The van der Waals surface area contributed by atoms with Crippen molar-refractivity contribution < 1.29 is 14.7 Å². The largest absolute Gasteiger partial charge is 0.480 e. The molecule has 1 aromatic rings. The Kier molecular flexibility index (Phi) is 5.74. The van der Waals surface area contributed by atoms with Gasteiger partial charge in [-0.2, -0.15) is 0 Å². The van der Waals surface area contributed by atoms with E-state index in [0.717, 1.165) is 11.1 Å². The van der Waals surface area contributed by atoms with Crippen molar-refractivity contribution in [3.05, 3.63) is 34.9 Å². The van der Waals surface area contributed by atoms with Crippen LogP contribution < -0.4 is 5.32 Å². The lowest BCUT2D eigenvalue weighted by molar-refractivity contribution is -0.142. The smallest absolute Gasteiger partial charge is 0.326 e. The molecule has 1 aromatic carbocycles. The highest BCUT2D eigenvalue weighted by Gasteiger charge is 2.20. The fourth-order valence-corrected chi connectivity index (χ4v) is 2.04. The van der Waals surface area contributed by atoms with Gasteiger partial charge in [0, 0.05) is 0 Å². The molecule has 110 valence electrons. The number of rotatable bonds is 6. The van der Waals surface area contributed by atoms with E-state index in [1.807, 2.05) is 45.9 Å². The summed E-state index contributed by atoms with van der Waals surface area (Å²) < 4.78 is 0. The molecule has 1 rings (SSSR count). The summed E-state index contributed by atoms with van der Waals surface area (Å²) in [6.45, 7) is 7.88. The Morgan fingerprint density at radius 2 is 1.85 bits per heavy atom. The number of hydrogen-bond acceptors (Lipinski definition) is 2. The van der Waals surface area contributed by atoms with Gasteiger partial charge in [0.15, 0.2) is 0 Å². The molecule has 1 amide bonds. The zero-order valence-electron chi connectivity index (χ0n) is 12.6. The highest BCUT2D eigenvalue weighted by molar-refractivity contribution is 5.84. The molecule has 0 fully saturated rings. The fraction of sp³-hybridized carbons (Fsp3) is 0.500. The second-order valence-electron chi connectivity index (χ2n) is 5.68. The number of aryl methyl sites for hydroxylation is 2. The summed E-state index contributed by atoms with van der Waals surface area (Å²) in [5.41, 5.74) is 3.21. The van der Waals surface area contributed by atoms with E-state index in [1.165, 1.54) is 5.56 Å². The number of carboxylic acids is 1. The van der Waals surface area contributed by atoms with Crippen molar-refractivity contribution in [3.63, 3.8) is 0 Å². The summed E-state index contributed by atoms with van der Waals surface area (Å²) in [6.07, 6.45) is 0.650. The SMILES string of the molecule is Cc1ccc(CC(=O)NC(CC(C)C)C(=O)O)cc1C. The van der Waals surface area contributed by atoms with E-state index in [-0.39, 0.29) is 18.2 Å². The predicted octanol–water partition coefficient (Wildman–Crippen LogP) is 2.46. The first kappa shape index (κ1) is 16.2. The number of amides is 1. The second-order valence-corrected chi connectivity index (χ2v) is 5.68. The Morgan fingerprint density at radius 3 is 2.35 bits per heavy atom. The monoisotopic (exact) mass is 277 g/mol. The van der Waals surface area contributed by atoms with Crippen molar-refractivity contribution in [1.29, 1.82) is 0 Å². The van der Waals surface area contributed by atoms with Crippen LogP contribution in [0.3, 0.4) is 0 Å². The van der Waals surface area contributed by atoms with E-state index in [9.17, 15) is 9.59 Å². The minimum Gasteiger partial charge on any atom is -0.480 e. The second kappa shape index (κ2) is 7.08. The Hall–Kier alpha value is -1.84. The van der Waals surface area contributed by atoms with Crippen LogP contribution in [-0.4, -0.2) is 23.0 Å². The third kappa shape index (κ3) is 5.03. The average molecular weight is 277 g/mol. The van der Waals surface area contributed by atoms with Gasteiger partial charge < -0.3 is 10.4 Å². The molecule has 0 radical (unpaired) electrons. The molecule has 0 saturated carbocycles. The van der Waals surface area contributed by atoms with Crippen LogP contribution in [0.15, 0.2) is 18.2 Å². The van der Waals surface area contributed by atoms with Gasteiger partial charge in [0.05, 0.1) is 6.42 Å². The predicted molar refractivity (Wildman–Crippen MR) is 78.6 cm³/mol. The molecule has 0 bridgehead atoms. The first-order chi connectivity index (χ1) is 9.29. The van der Waals surface area contributed by atoms with Gasteiger partial charge >= 0.3 is 5.97 Å².